The van der Waals surface area contributed by atoms with E-state index < -0.39 is 0 Å². The van der Waals surface area contributed by atoms with Crippen LogP contribution in [0.5, 0.6) is 11.8 Å². The lowest BCUT2D eigenvalue weighted by atomic mass is 10.0. The Balaban J connectivity index is 0.000000529. The summed E-state index contributed by atoms with van der Waals surface area (Å²) in [4.78, 5) is 27.6. The van der Waals surface area contributed by atoms with Crippen LogP contribution >= 0.6 is 0 Å². The molecule has 3 aromatic rings. The number of aromatic nitrogens is 2. The number of rotatable bonds is 4. The molecule has 6 rings (SSSR count). The number of carbonyl (C=O) groups is 1. The Morgan fingerprint density at radius 2 is 1.82 bits per heavy atom. The number of anilines is 2. The van der Waals surface area contributed by atoms with Gasteiger partial charge in [-0.1, -0.05) is 30.8 Å². The van der Waals surface area contributed by atoms with Gasteiger partial charge in [-0.25, -0.2) is 0 Å². The van der Waals surface area contributed by atoms with E-state index in [4.69, 9.17) is 9.72 Å². The van der Waals surface area contributed by atoms with Crippen molar-refractivity contribution in [2.24, 2.45) is 0 Å². The number of nitrogens with one attached hydrogen (secondary N) is 1. The van der Waals surface area contributed by atoms with Gasteiger partial charge in [0, 0.05) is 55.4 Å². The molecule has 9 heteroatoms. The van der Waals surface area contributed by atoms with E-state index in [1.165, 1.54) is 32.0 Å². The number of ether oxygens (including phenoxy) is 1. The number of carbonyl (C=O) groups excluding carboxylic acids is 1. The second-order valence-electron chi connectivity index (χ2n) is 9.79. The number of methoxy groups -OCH3 is 1. The summed E-state index contributed by atoms with van der Waals surface area (Å²) in [5, 5.41) is 15.6. The van der Waals surface area contributed by atoms with Crippen LogP contribution in [0, 0.1) is 0 Å². The summed E-state index contributed by atoms with van der Waals surface area (Å²) in [5.74, 6) is 1.11. The van der Waals surface area contributed by atoms with Crippen LogP contribution in [-0.4, -0.2) is 78.8 Å². The van der Waals surface area contributed by atoms with Crippen molar-refractivity contribution in [3.05, 3.63) is 60.3 Å². The number of aromatic hydroxyl groups is 1. The average Bonchev–Trinajstić information content (AvgIpc) is 3.56. The van der Waals surface area contributed by atoms with E-state index in [0.29, 0.717) is 38.7 Å². The maximum atomic E-state index is 12.0. The summed E-state index contributed by atoms with van der Waals surface area (Å²) in [5.41, 5.74) is 3.05. The van der Waals surface area contributed by atoms with E-state index in [9.17, 15) is 9.90 Å². The Morgan fingerprint density at radius 1 is 1.05 bits per heavy atom. The SMILES string of the molecule is C1CCNC1.C=CC(=O)N1CCN(c2nc(OC)nc3c2CCN(c2cc(O)cc4ccccc24)C3)CC1. The third-order valence-corrected chi connectivity index (χ3v) is 7.39. The zero-order valence-electron chi connectivity index (χ0n) is 22.0. The molecule has 0 aliphatic carbocycles. The van der Waals surface area contributed by atoms with Crippen LogP contribution in [0.15, 0.2) is 49.1 Å². The molecular weight excluding hydrogens is 480 g/mol. The molecular formula is C29H36N6O3. The maximum absolute atomic E-state index is 12.0. The van der Waals surface area contributed by atoms with Gasteiger partial charge in [-0.3, -0.25) is 4.79 Å². The van der Waals surface area contributed by atoms with Crippen LogP contribution in [-0.2, 0) is 17.8 Å². The molecule has 4 heterocycles. The van der Waals surface area contributed by atoms with Crippen molar-refractivity contribution >= 4 is 28.2 Å². The maximum Gasteiger partial charge on any atom is 0.318 e. The van der Waals surface area contributed by atoms with Gasteiger partial charge in [-0.05, 0) is 49.9 Å². The molecule has 2 N–H and O–H groups in total. The zero-order chi connectivity index (χ0) is 26.5. The summed E-state index contributed by atoms with van der Waals surface area (Å²) in [6, 6.07) is 12.0. The molecule has 0 radical (unpaired) electrons. The number of phenols is 1. The fraction of sp³-hybridized carbons (Fsp3) is 0.414. The molecule has 0 spiro atoms. The Hall–Kier alpha value is -3.85. The molecule has 38 heavy (non-hydrogen) atoms. The van der Waals surface area contributed by atoms with Gasteiger partial charge in [-0.15, -0.1) is 0 Å². The van der Waals surface area contributed by atoms with Gasteiger partial charge in [0.15, 0.2) is 0 Å². The number of benzene rings is 2. The quantitative estimate of drug-likeness (QED) is 0.511. The standard InChI is InChI=1S/C25H27N5O3.C4H9N/c1-3-23(32)28-10-12-29(13-11-28)24-20-8-9-30(16-21(20)26-25(27-24)33-2)22-15-18(31)14-17-6-4-5-7-19(17)22;1-2-4-5-3-1/h3-7,14-15,31H,1,8-13,16H2,2H3;5H,1-4H2. The zero-order valence-corrected chi connectivity index (χ0v) is 22.0. The van der Waals surface area contributed by atoms with E-state index in [2.05, 4.69) is 32.7 Å². The van der Waals surface area contributed by atoms with Crippen LogP contribution in [0.1, 0.15) is 24.1 Å². The number of hydrogen-bond donors (Lipinski definition) is 2. The highest BCUT2D eigenvalue weighted by molar-refractivity contribution is 5.95. The number of nitrogens with zero attached hydrogens (tertiary/aromatic N) is 5. The lowest BCUT2D eigenvalue weighted by Crippen LogP contribution is -2.49. The highest BCUT2D eigenvalue weighted by Gasteiger charge is 2.29. The Morgan fingerprint density at radius 3 is 2.50 bits per heavy atom. The van der Waals surface area contributed by atoms with Gasteiger partial charge < -0.3 is 29.9 Å². The summed E-state index contributed by atoms with van der Waals surface area (Å²) >= 11 is 0. The number of fused-ring (bicyclic) bond motifs is 2. The molecule has 9 nitrogen and oxygen atoms in total. The molecule has 2 aromatic carbocycles. The molecule has 0 saturated carbocycles. The lowest BCUT2D eigenvalue weighted by Gasteiger charge is -2.38. The summed E-state index contributed by atoms with van der Waals surface area (Å²) in [6.45, 7) is 10.1. The number of hydrogen-bond acceptors (Lipinski definition) is 8. The monoisotopic (exact) mass is 516 g/mol. The van der Waals surface area contributed by atoms with Crippen molar-refractivity contribution in [2.75, 3.05) is 62.7 Å². The molecule has 200 valence electrons. The highest BCUT2D eigenvalue weighted by atomic mass is 16.5. The molecule has 1 amide bonds. The van der Waals surface area contributed by atoms with Crippen LogP contribution in [0.2, 0.25) is 0 Å². The van der Waals surface area contributed by atoms with Gasteiger partial charge in [0.2, 0.25) is 5.91 Å². The minimum absolute atomic E-state index is 0.0362. The van der Waals surface area contributed by atoms with E-state index in [-0.39, 0.29) is 11.7 Å². The molecule has 2 saturated heterocycles. The molecule has 0 unspecified atom stereocenters. The van der Waals surface area contributed by atoms with Crippen molar-refractivity contribution in [1.29, 1.82) is 0 Å². The smallest absolute Gasteiger partial charge is 0.318 e. The first kappa shape index (κ1) is 25.8. The molecule has 2 fully saturated rings. The summed E-state index contributed by atoms with van der Waals surface area (Å²) < 4.78 is 5.43. The first-order valence-electron chi connectivity index (χ1n) is 13.3. The predicted molar refractivity (Wildman–Crippen MR) is 150 cm³/mol. The first-order valence-corrected chi connectivity index (χ1v) is 13.3. The average molecular weight is 517 g/mol. The van der Waals surface area contributed by atoms with Gasteiger partial charge in [0.1, 0.15) is 11.6 Å². The fourth-order valence-electron chi connectivity index (χ4n) is 5.38. The second kappa shape index (κ2) is 11.7. The van der Waals surface area contributed by atoms with Crippen molar-refractivity contribution in [3.8, 4) is 11.8 Å². The van der Waals surface area contributed by atoms with E-state index in [1.54, 1.807) is 13.2 Å². The topological polar surface area (TPSA) is 94.1 Å². The minimum atomic E-state index is -0.0362. The van der Waals surface area contributed by atoms with Crippen LogP contribution in [0.25, 0.3) is 10.8 Å². The second-order valence-corrected chi connectivity index (χ2v) is 9.79. The third kappa shape index (κ3) is 5.52. The predicted octanol–water partition coefficient (Wildman–Crippen LogP) is 3.11. The van der Waals surface area contributed by atoms with Crippen LogP contribution in [0.3, 0.4) is 0 Å². The van der Waals surface area contributed by atoms with Gasteiger partial charge in [0.05, 0.1) is 19.3 Å². The largest absolute Gasteiger partial charge is 0.508 e. The van der Waals surface area contributed by atoms with E-state index in [0.717, 1.165) is 46.5 Å². The number of piperazine rings is 1. The van der Waals surface area contributed by atoms with Crippen LogP contribution < -0.4 is 19.9 Å². The highest BCUT2D eigenvalue weighted by Crippen LogP contribution is 2.36. The molecule has 1 aromatic heterocycles. The fourth-order valence-corrected chi connectivity index (χ4v) is 5.38. The summed E-state index contributed by atoms with van der Waals surface area (Å²) in [7, 11) is 1.58. The van der Waals surface area contributed by atoms with Gasteiger partial charge in [0.25, 0.3) is 0 Å². The van der Waals surface area contributed by atoms with Crippen molar-refractivity contribution in [3.63, 3.8) is 0 Å². The van der Waals surface area contributed by atoms with E-state index in [1.807, 2.05) is 29.2 Å². The molecule has 3 aliphatic heterocycles. The van der Waals surface area contributed by atoms with Crippen molar-refractivity contribution in [1.82, 2.24) is 20.2 Å². The van der Waals surface area contributed by atoms with Gasteiger partial charge >= 0.3 is 6.01 Å². The third-order valence-electron chi connectivity index (χ3n) is 7.39. The number of amides is 1. The van der Waals surface area contributed by atoms with Crippen molar-refractivity contribution in [2.45, 2.75) is 25.8 Å². The van der Waals surface area contributed by atoms with Crippen molar-refractivity contribution < 1.29 is 14.6 Å². The van der Waals surface area contributed by atoms with Gasteiger partial charge in [-0.2, -0.15) is 9.97 Å². The minimum Gasteiger partial charge on any atom is -0.508 e. The first-order chi connectivity index (χ1) is 18.6. The lowest BCUT2D eigenvalue weighted by molar-refractivity contribution is -0.126. The Kier molecular flexibility index (Phi) is 7.93. The molecule has 0 atom stereocenters. The van der Waals surface area contributed by atoms with Crippen LogP contribution in [0.4, 0.5) is 11.5 Å². The molecule has 3 aliphatic rings. The van der Waals surface area contributed by atoms with E-state index >= 15 is 0 Å². The normalized spacial score (nSPS) is 17.0. The Labute approximate surface area is 223 Å². The number of phenolic OH excluding ortho intramolecular Hbond substituents is 1. The summed E-state index contributed by atoms with van der Waals surface area (Å²) in [6.07, 6.45) is 4.93. The Bertz CT molecular complexity index is 1290. The molecule has 0 bridgehead atoms.